The fraction of sp³-hybridized carbons (Fsp3) is 0.462. The molecule has 1 aromatic rings. The summed E-state index contributed by atoms with van der Waals surface area (Å²) < 4.78 is 11.6. The fourth-order valence-corrected chi connectivity index (χ4v) is 2.89. The quantitative estimate of drug-likeness (QED) is 0.425. The van der Waals surface area contributed by atoms with E-state index in [-0.39, 0.29) is 18.9 Å². The molecule has 0 radical (unpaired) electrons. The minimum atomic E-state index is -4.36. The molecule has 112 valence electrons. The second-order valence-corrected chi connectivity index (χ2v) is 6.69. The highest BCUT2D eigenvalue weighted by Gasteiger charge is 2.31. The van der Waals surface area contributed by atoms with Gasteiger partial charge in [0.15, 0.2) is 0 Å². The molecule has 0 spiro atoms. The Hall–Kier alpha value is -1.20. The number of carbonyl (C=O) groups is 1. The number of hydroxylamine groups is 2. The van der Waals surface area contributed by atoms with Crippen molar-refractivity contribution in [2.24, 2.45) is 0 Å². The molecular formula is C13H20NO5P. The molecule has 0 aliphatic rings. The second kappa shape index (κ2) is 6.99. The van der Waals surface area contributed by atoms with Crippen LogP contribution in [0.25, 0.3) is 0 Å². The first kappa shape index (κ1) is 16.9. The van der Waals surface area contributed by atoms with Crippen molar-refractivity contribution in [3.05, 3.63) is 35.9 Å². The van der Waals surface area contributed by atoms with Gasteiger partial charge in [-0.3, -0.25) is 14.6 Å². The molecule has 0 saturated heterocycles. The van der Waals surface area contributed by atoms with Crippen LogP contribution >= 0.6 is 7.60 Å². The predicted octanol–water partition coefficient (Wildman–Crippen LogP) is 2.31. The molecule has 0 fully saturated rings. The summed E-state index contributed by atoms with van der Waals surface area (Å²) in [5, 5.41) is 10.1. The van der Waals surface area contributed by atoms with Crippen LogP contribution in [0.4, 0.5) is 0 Å². The standard InChI is InChI=1S/C13H20NO5P/c1-10(2)14(16)13(15)9-8-12(20(17,18)19)11-6-4-3-5-7-11/h3-7,10,12,16H,8-9H2,1-2H3,(H2,17,18,19). The Bertz CT molecular complexity index is 485. The van der Waals surface area contributed by atoms with E-state index < -0.39 is 19.2 Å². The van der Waals surface area contributed by atoms with Gasteiger partial charge in [-0.05, 0) is 25.8 Å². The van der Waals surface area contributed by atoms with Gasteiger partial charge in [-0.1, -0.05) is 30.3 Å². The van der Waals surface area contributed by atoms with Gasteiger partial charge in [-0.15, -0.1) is 0 Å². The van der Waals surface area contributed by atoms with Gasteiger partial charge in [0.25, 0.3) is 0 Å². The molecule has 0 heterocycles. The van der Waals surface area contributed by atoms with Crippen LogP contribution in [0.2, 0.25) is 0 Å². The molecule has 3 N–H and O–H groups in total. The molecule has 0 aliphatic carbocycles. The van der Waals surface area contributed by atoms with Crippen LogP contribution in [0.1, 0.15) is 37.9 Å². The highest BCUT2D eigenvalue weighted by molar-refractivity contribution is 7.52. The molecular weight excluding hydrogens is 281 g/mol. The van der Waals surface area contributed by atoms with Crippen LogP contribution in [-0.4, -0.2) is 32.0 Å². The summed E-state index contributed by atoms with van der Waals surface area (Å²) in [5.41, 5.74) is -0.545. The van der Waals surface area contributed by atoms with Crippen LogP contribution in [0.15, 0.2) is 30.3 Å². The lowest BCUT2D eigenvalue weighted by Gasteiger charge is -2.22. The Morgan fingerprint density at radius 3 is 2.25 bits per heavy atom. The highest BCUT2D eigenvalue weighted by Crippen LogP contribution is 2.54. The first-order chi connectivity index (χ1) is 9.23. The number of hydrogen-bond acceptors (Lipinski definition) is 3. The zero-order valence-corrected chi connectivity index (χ0v) is 12.4. The molecule has 1 amide bonds. The number of benzene rings is 1. The lowest BCUT2D eigenvalue weighted by molar-refractivity contribution is -0.172. The zero-order chi connectivity index (χ0) is 15.3. The Labute approximate surface area is 118 Å². The summed E-state index contributed by atoms with van der Waals surface area (Å²) in [5.74, 6) is -0.547. The number of amides is 1. The SMILES string of the molecule is CC(C)N(O)C(=O)CCC(c1ccccc1)P(=O)(O)O. The summed E-state index contributed by atoms with van der Waals surface area (Å²) in [6.07, 6.45) is -0.143. The van der Waals surface area contributed by atoms with Crippen molar-refractivity contribution in [3.8, 4) is 0 Å². The van der Waals surface area contributed by atoms with E-state index in [1.807, 2.05) is 0 Å². The van der Waals surface area contributed by atoms with E-state index >= 15 is 0 Å². The summed E-state index contributed by atoms with van der Waals surface area (Å²) in [6.45, 7) is 3.30. The molecule has 0 aliphatic heterocycles. The number of rotatable bonds is 6. The van der Waals surface area contributed by atoms with E-state index in [2.05, 4.69) is 0 Å². The van der Waals surface area contributed by atoms with E-state index in [4.69, 9.17) is 0 Å². The summed E-state index contributed by atoms with van der Waals surface area (Å²) >= 11 is 0. The average Bonchev–Trinajstić information content (AvgIpc) is 2.37. The molecule has 0 bridgehead atoms. The maximum Gasteiger partial charge on any atom is 0.332 e. The third-order valence-corrected chi connectivity index (χ3v) is 4.34. The van der Waals surface area contributed by atoms with Gasteiger partial charge in [-0.25, -0.2) is 5.06 Å². The highest BCUT2D eigenvalue weighted by atomic mass is 31.2. The Kier molecular flexibility index (Phi) is 5.89. The zero-order valence-electron chi connectivity index (χ0n) is 11.5. The molecule has 1 unspecified atom stereocenters. The molecule has 0 aromatic heterocycles. The normalized spacial score (nSPS) is 13.3. The van der Waals surface area contributed by atoms with E-state index in [1.54, 1.807) is 44.2 Å². The second-order valence-electron chi connectivity index (χ2n) is 4.89. The summed E-state index contributed by atoms with van der Waals surface area (Å²) in [6, 6.07) is 7.99. The van der Waals surface area contributed by atoms with Crippen molar-refractivity contribution in [3.63, 3.8) is 0 Å². The number of carbonyl (C=O) groups excluding carboxylic acids is 1. The fourth-order valence-electron chi connectivity index (χ4n) is 1.87. The van der Waals surface area contributed by atoms with Gasteiger partial charge in [0.2, 0.25) is 5.91 Å². The summed E-state index contributed by atoms with van der Waals surface area (Å²) in [7, 11) is -4.36. The van der Waals surface area contributed by atoms with E-state index in [9.17, 15) is 24.4 Å². The summed E-state index contributed by atoms with van der Waals surface area (Å²) in [4.78, 5) is 30.5. The monoisotopic (exact) mass is 301 g/mol. The molecule has 7 heteroatoms. The van der Waals surface area contributed by atoms with Crippen LogP contribution in [0.5, 0.6) is 0 Å². The first-order valence-corrected chi connectivity index (χ1v) is 8.02. The molecule has 1 rings (SSSR count). The Balaban J connectivity index is 2.79. The molecule has 6 nitrogen and oxygen atoms in total. The number of hydrogen-bond donors (Lipinski definition) is 3. The topological polar surface area (TPSA) is 98.1 Å². The smallest absolute Gasteiger partial charge is 0.324 e. The van der Waals surface area contributed by atoms with Gasteiger partial charge >= 0.3 is 7.60 Å². The predicted molar refractivity (Wildman–Crippen MR) is 74.2 cm³/mol. The molecule has 1 atom stereocenters. The maximum atomic E-state index is 11.7. The van der Waals surface area contributed by atoms with Gasteiger partial charge in [0.05, 0.1) is 11.7 Å². The van der Waals surface area contributed by atoms with Gasteiger partial charge in [-0.2, -0.15) is 0 Å². The largest absolute Gasteiger partial charge is 0.332 e. The number of nitrogens with zero attached hydrogens (tertiary/aromatic N) is 1. The Morgan fingerprint density at radius 2 is 1.80 bits per heavy atom. The maximum absolute atomic E-state index is 11.7. The third kappa shape index (κ3) is 4.72. The van der Waals surface area contributed by atoms with E-state index in [1.165, 1.54) is 0 Å². The lowest BCUT2D eigenvalue weighted by Crippen LogP contribution is -2.33. The molecule has 0 saturated carbocycles. The van der Waals surface area contributed by atoms with Crippen LogP contribution in [0, 0.1) is 0 Å². The van der Waals surface area contributed by atoms with E-state index in [0.717, 1.165) is 0 Å². The van der Waals surface area contributed by atoms with Crippen molar-refractivity contribution < 1.29 is 24.4 Å². The van der Waals surface area contributed by atoms with Gasteiger partial charge in [0, 0.05) is 6.42 Å². The van der Waals surface area contributed by atoms with Crippen molar-refractivity contribution >= 4 is 13.5 Å². The minimum absolute atomic E-state index is 0.0170. The molecule has 20 heavy (non-hydrogen) atoms. The van der Waals surface area contributed by atoms with Crippen LogP contribution in [0.3, 0.4) is 0 Å². The van der Waals surface area contributed by atoms with Crippen molar-refractivity contribution in [1.29, 1.82) is 0 Å². The average molecular weight is 301 g/mol. The van der Waals surface area contributed by atoms with E-state index in [0.29, 0.717) is 10.6 Å². The van der Waals surface area contributed by atoms with Gasteiger partial charge in [0.1, 0.15) is 0 Å². The third-order valence-electron chi connectivity index (χ3n) is 2.97. The Morgan fingerprint density at radius 1 is 1.25 bits per heavy atom. The van der Waals surface area contributed by atoms with Crippen molar-refractivity contribution in [2.45, 2.75) is 38.4 Å². The van der Waals surface area contributed by atoms with Crippen LogP contribution in [-0.2, 0) is 9.36 Å². The van der Waals surface area contributed by atoms with Gasteiger partial charge < -0.3 is 9.79 Å². The van der Waals surface area contributed by atoms with Crippen molar-refractivity contribution in [1.82, 2.24) is 5.06 Å². The molecule has 1 aromatic carbocycles. The lowest BCUT2D eigenvalue weighted by atomic mass is 10.1. The van der Waals surface area contributed by atoms with Crippen LogP contribution < -0.4 is 0 Å². The minimum Gasteiger partial charge on any atom is -0.324 e. The first-order valence-electron chi connectivity index (χ1n) is 6.34. The van der Waals surface area contributed by atoms with Crippen molar-refractivity contribution in [2.75, 3.05) is 0 Å².